The van der Waals surface area contributed by atoms with Gasteiger partial charge in [0.05, 0.1) is 14.2 Å². The second kappa shape index (κ2) is 10.4. The summed E-state index contributed by atoms with van der Waals surface area (Å²) in [7, 11) is 3.19. The van der Waals surface area contributed by atoms with Gasteiger partial charge in [0.25, 0.3) is 0 Å². The zero-order valence-electron chi connectivity index (χ0n) is 19.2. The van der Waals surface area contributed by atoms with Crippen LogP contribution in [0.5, 0.6) is 11.5 Å². The Balaban J connectivity index is 1.92. The first-order valence-corrected chi connectivity index (χ1v) is 11.9. The van der Waals surface area contributed by atoms with Gasteiger partial charge >= 0.3 is 0 Å². The van der Waals surface area contributed by atoms with Crippen molar-refractivity contribution in [1.29, 1.82) is 0 Å². The van der Waals surface area contributed by atoms with Crippen molar-refractivity contribution in [3.05, 3.63) is 102 Å². The van der Waals surface area contributed by atoms with E-state index in [0.29, 0.717) is 28.2 Å². The van der Waals surface area contributed by atoms with Crippen molar-refractivity contribution in [2.75, 3.05) is 20.5 Å². The summed E-state index contributed by atoms with van der Waals surface area (Å²) >= 11 is 1.66. The molecule has 0 radical (unpaired) electrons. The molecule has 0 saturated heterocycles. The first-order valence-electron chi connectivity index (χ1n) is 10.7. The van der Waals surface area contributed by atoms with Crippen molar-refractivity contribution in [2.24, 2.45) is 0 Å². The molecule has 0 amide bonds. The normalized spacial score (nSPS) is 10.6. The standard InChI is InChI=1S/C29H24O4S/c1-32-25-18-17-23(26(29(25)33-2)19-13-15-21(34-3)16-14-19)22-11-7-8-12-24(22)28(31)27(30)20-9-5-4-6-10-20/h4-18H,1-3H3. The molecule has 0 saturated carbocycles. The average molecular weight is 469 g/mol. The SMILES string of the molecule is COc1ccc(-c2ccccc2C(=O)C(=O)c2ccccc2)c(-c2ccc(SC)cc2)c1OC. The lowest BCUT2D eigenvalue weighted by atomic mass is 9.88. The molecule has 5 heteroatoms. The van der Waals surface area contributed by atoms with Crippen molar-refractivity contribution in [2.45, 2.75) is 4.90 Å². The number of methoxy groups -OCH3 is 2. The number of rotatable bonds is 8. The molecule has 4 rings (SSSR count). The van der Waals surface area contributed by atoms with Gasteiger partial charge in [0.15, 0.2) is 11.5 Å². The Morgan fingerprint density at radius 2 is 1.35 bits per heavy atom. The molecule has 0 aliphatic heterocycles. The van der Waals surface area contributed by atoms with Crippen molar-refractivity contribution >= 4 is 23.3 Å². The van der Waals surface area contributed by atoms with Gasteiger partial charge in [-0.05, 0) is 47.2 Å². The fourth-order valence-electron chi connectivity index (χ4n) is 3.95. The summed E-state index contributed by atoms with van der Waals surface area (Å²) in [5.41, 5.74) is 3.84. The molecule has 4 aromatic carbocycles. The summed E-state index contributed by atoms with van der Waals surface area (Å²) in [6.07, 6.45) is 2.03. The van der Waals surface area contributed by atoms with E-state index in [1.165, 1.54) is 0 Å². The van der Waals surface area contributed by atoms with E-state index in [1.807, 2.05) is 60.9 Å². The predicted molar refractivity (Wildman–Crippen MR) is 137 cm³/mol. The lowest BCUT2D eigenvalue weighted by Gasteiger charge is -2.19. The first-order chi connectivity index (χ1) is 16.6. The Bertz CT molecular complexity index is 1330. The average Bonchev–Trinajstić information content (AvgIpc) is 2.91. The fraction of sp³-hybridized carbons (Fsp3) is 0.103. The molecule has 170 valence electrons. The van der Waals surface area contributed by atoms with Gasteiger partial charge in [-0.1, -0.05) is 66.7 Å². The van der Waals surface area contributed by atoms with Crippen LogP contribution in [-0.4, -0.2) is 32.0 Å². The number of hydrogen-bond acceptors (Lipinski definition) is 5. The lowest BCUT2D eigenvalue weighted by Crippen LogP contribution is -2.15. The number of Topliss-reactive ketones (excluding diaryl/α,β-unsaturated/α-hetero) is 2. The Kier molecular flexibility index (Phi) is 7.14. The van der Waals surface area contributed by atoms with Crippen LogP contribution in [-0.2, 0) is 0 Å². The van der Waals surface area contributed by atoms with Crippen molar-refractivity contribution in [3.63, 3.8) is 0 Å². The Hall–Kier alpha value is -3.83. The number of ketones is 2. The maximum atomic E-state index is 13.3. The summed E-state index contributed by atoms with van der Waals surface area (Å²) in [4.78, 5) is 27.5. The highest BCUT2D eigenvalue weighted by Crippen LogP contribution is 2.45. The van der Waals surface area contributed by atoms with Crippen LogP contribution in [0.4, 0.5) is 0 Å². The topological polar surface area (TPSA) is 52.6 Å². The summed E-state index contributed by atoms with van der Waals surface area (Å²) in [5, 5.41) is 0. The molecule has 0 spiro atoms. The molecule has 0 aliphatic carbocycles. The molecule has 34 heavy (non-hydrogen) atoms. The lowest BCUT2D eigenvalue weighted by molar-refractivity contribution is 0.0817. The van der Waals surface area contributed by atoms with Gasteiger partial charge in [0, 0.05) is 21.6 Å². The van der Waals surface area contributed by atoms with Crippen molar-refractivity contribution in [1.82, 2.24) is 0 Å². The van der Waals surface area contributed by atoms with E-state index in [1.54, 1.807) is 62.4 Å². The molecule has 0 atom stereocenters. The van der Waals surface area contributed by atoms with E-state index in [-0.39, 0.29) is 0 Å². The number of carbonyl (C=O) groups is 2. The molecule has 0 N–H and O–H groups in total. The smallest absolute Gasteiger partial charge is 0.234 e. The number of hydrogen-bond donors (Lipinski definition) is 0. The second-order valence-electron chi connectivity index (χ2n) is 7.52. The minimum atomic E-state index is -0.555. The van der Waals surface area contributed by atoms with E-state index in [4.69, 9.17) is 9.47 Å². The van der Waals surface area contributed by atoms with Crippen LogP contribution in [0.25, 0.3) is 22.3 Å². The van der Waals surface area contributed by atoms with E-state index >= 15 is 0 Å². The zero-order chi connectivity index (χ0) is 24.1. The van der Waals surface area contributed by atoms with Crippen LogP contribution in [0, 0.1) is 0 Å². The summed E-state index contributed by atoms with van der Waals surface area (Å²) < 4.78 is 11.3. The first kappa shape index (κ1) is 23.3. The third-order valence-corrected chi connectivity index (χ3v) is 6.37. The van der Waals surface area contributed by atoms with Gasteiger partial charge in [0.2, 0.25) is 11.6 Å². The van der Waals surface area contributed by atoms with Crippen LogP contribution >= 0.6 is 11.8 Å². The highest BCUT2D eigenvalue weighted by atomic mass is 32.2. The highest BCUT2D eigenvalue weighted by molar-refractivity contribution is 7.98. The predicted octanol–water partition coefficient (Wildman–Crippen LogP) is 6.83. The van der Waals surface area contributed by atoms with Gasteiger partial charge in [-0.3, -0.25) is 9.59 Å². The molecule has 0 aliphatic rings. The Morgan fingerprint density at radius 1 is 0.676 bits per heavy atom. The number of thioether (sulfide) groups is 1. The maximum Gasteiger partial charge on any atom is 0.234 e. The Labute approximate surface area is 203 Å². The largest absolute Gasteiger partial charge is 0.493 e. The molecule has 4 aromatic rings. The van der Waals surface area contributed by atoms with E-state index < -0.39 is 11.6 Å². The van der Waals surface area contributed by atoms with Crippen molar-refractivity contribution < 1.29 is 19.1 Å². The quantitative estimate of drug-likeness (QED) is 0.161. The zero-order valence-corrected chi connectivity index (χ0v) is 20.0. The number of ether oxygens (including phenoxy) is 2. The summed E-state index contributed by atoms with van der Waals surface area (Å²) in [6, 6.07) is 27.6. The minimum Gasteiger partial charge on any atom is -0.493 e. The van der Waals surface area contributed by atoms with Gasteiger partial charge in [-0.25, -0.2) is 0 Å². The Morgan fingerprint density at radius 3 is 2.00 bits per heavy atom. The fourth-order valence-corrected chi connectivity index (χ4v) is 4.36. The van der Waals surface area contributed by atoms with Gasteiger partial charge in [0.1, 0.15) is 0 Å². The van der Waals surface area contributed by atoms with Crippen LogP contribution in [0.3, 0.4) is 0 Å². The number of benzene rings is 4. The second-order valence-corrected chi connectivity index (χ2v) is 8.40. The highest BCUT2D eigenvalue weighted by Gasteiger charge is 2.25. The molecular formula is C29H24O4S. The van der Waals surface area contributed by atoms with Gasteiger partial charge < -0.3 is 9.47 Å². The minimum absolute atomic E-state index is 0.338. The van der Waals surface area contributed by atoms with E-state index in [2.05, 4.69) is 0 Å². The molecule has 0 unspecified atom stereocenters. The third-order valence-electron chi connectivity index (χ3n) is 5.63. The van der Waals surface area contributed by atoms with Crippen LogP contribution in [0.1, 0.15) is 20.7 Å². The molecule has 4 nitrogen and oxygen atoms in total. The summed E-state index contributed by atoms with van der Waals surface area (Å²) in [6.45, 7) is 0. The molecule has 0 bridgehead atoms. The molecule has 0 heterocycles. The van der Waals surface area contributed by atoms with Gasteiger partial charge in [-0.15, -0.1) is 11.8 Å². The van der Waals surface area contributed by atoms with E-state index in [0.717, 1.165) is 21.6 Å². The van der Waals surface area contributed by atoms with Crippen LogP contribution in [0.15, 0.2) is 95.9 Å². The molecule has 0 aromatic heterocycles. The summed E-state index contributed by atoms with van der Waals surface area (Å²) in [5.74, 6) is 0.0487. The van der Waals surface area contributed by atoms with E-state index in [9.17, 15) is 9.59 Å². The monoisotopic (exact) mass is 468 g/mol. The molecular weight excluding hydrogens is 444 g/mol. The maximum absolute atomic E-state index is 13.3. The van der Waals surface area contributed by atoms with Crippen LogP contribution < -0.4 is 9.47 Å². The van der Waals surface area contributed by atoms with Gasteiger partial charge in [-0.2, -0.15) is 0 Å². The van der Waals surface area contributed by atoms with Crippen LogP contribution in [0.2, 0.25) is 0 Å². The molecule has 0 fully saturated rings. The third kappa shape index (κ3) is 4.47. The number of carbonyl (C=O) groups excluding carboxylic acids is 2. The van der Waals surface area contributed by atoms with Crippen molar-refractivity contribution in [3.8, 4) is 33.8 Å².